The van der Waals surface area contributed by atoms with Crippen molar-refractivity contribution in [2.45, 2.75) is 249 Å². The van der Waals surface area contributed by atoms with Crippen molar-refractivity contribution in [1.82, 2.24) is 0 Å². The van der Waals surface area contributed by atoms with Crippen molar-refractivity contribution < 1.29 is 73.8 Å². The number of aliphatic hydroxyl groups is 7. The molecule has 15 nitrogen and oxygen atoms in total. The molecule has 0 aromatic rings. The first-order valence-corrected chi connectivity index (χ1v) is 24.4. The molecule has 0 spiro atoms. The molecule has 366 valence electrons. The maximum absolute atomic E-state index is 12.7. The quantitative estimate of drug-likeness (QED) is 0.0293. The van der Waals surface area contributed by atoms with Crippen LogP contribution in [0.25, 0.3) is 0 Å². The van der Waals surface area contributed by atoms with Crippen LogP contribution < -0.4 is 0 Å². The molecule has 2 aliphatic heterocycles. The van der Waals surface area contributed by atoms with Gasteiger partial charge in [0.25, 0.3) is 0 Å². The highest BCUT2D eigenvalue weighted by Gasteiger charge is 2.51. The normalized spacial score (nSPS) is 28.0. The Balaban J connectivity index is 1.79. The molecule has 15 heteroatoms. The lowest BCUT2D eigenvalue weighted by Gasteiger charge is -2.46. The molecule has 0 bridgehead atoms. The fourth-order valence-corrected chi connectivity index (χ4v) is 7.84. The van der Waals surface area contributed by atoms with Gasteiger partial charge < -0.3 is 64.2 Å². The molecular formula is C47H88O15. The van der Waals surface area contributed by atoms with Crippen LogP contribution in [0.15, 0.2) is 0 Å². The molecule has 7 N–H and O–H groups in total. The summed E-state index contributed by atoms with van der Waals surface area (Å²) in [5.41, 5.74) is 0. The van der Waals surface area contributed by atoms with E-state index in [4.69, 9.17) is 28.4 Å². The van der Waals surface area contributed by atoms with Gasteiger partial charge in [0.2, 0.25) is 0 Å². The average molecular weight is 893 g/mol. The zero-order valence-corrected chi connectivity index (χ0v) is 38.7. The summed E-state index contributed by atoms with van der Waals surface area (Å²) in [7, 11) is 0. The molecular weight excluding hydrogens is 805 g/mol. The highest BCUT2D eigenvalue weighted by molar-refractivity contribution is 5.69. The van der Waals surface area contributed by atoms with Crippen LogP contribution in [-0.4, -0.2) is 142 Å². The van der Waals surface area contributed by atoms with Crippen LogP contribution in [0.2, 0.25) is 0 Å². The SMILES string of the molecule is CCC(C)CCCCCCCCCCCCC(=O)OCC(O)COC1OC(COC(=O)CCCCCCCCCCC(C)CC)C(O)C(OC2OC(CO)C(O)C(O)C2O)C1O. The van der Waals surface area contributed by atoms with Crippen LogP contribution in [-0.2, 0) is 38.0 Å². The van der Waals surface area contributed by atoms with E-state index in [0.717, 1.165) is 50.4 Å². The summed E-state index contributed by atoms with van der Waals surface area (Å²) >= 11 is 0. The summed E-state index contributed by atoms with van der Waals surface area (Å²) in [5.74, 6) is 0.655. The zero-order valence-electron chi connectivity index (χ0n) is 38.7. The standard InChI is InChI=1S/C47H88O15/c1-5-33(3)25-21-17-13-9-7-8-10-15-19-23-27-38(50)57-30-35(49)31-59-46-44(56)45(62-47-43(55)42(54)40(52)36(29-48)60-47)41(53)37(61-46)32-58-39(51)28-24-20-16-12-11-14-18-22-26-34(4)6-2/h33-37,40-49,52-56H,5-32H2,1-4H3. The van der Waals surface area contributed by atoms with Gasteiger partial charge >= 0.3 is 11.9 Å². The first-order chi connectivity index (χ1) is 29.8. The van der Waals surface area contributed by atoms with Crippen molar-refractivity contribution in [1.29, 1.82) is 0 Å². The second-order valence-corrected chi connectivity index (χ2v) is 18.1. The van der Waals surface area contributed by atoms with Gasteiger partial charge in [0.1, 0.15) is 68.1 Å². The van der Waals surface area contributed by atoms with E-state index in [2.05, 4.69) is 27.7 Å². The van der Waals surface area contributed by atoms with Gasteiger partial charge in [-0.2, -0.15) is 0 Å². The molecule has 13 atom stereocenters. The van der Waals surface area contributed by atoms with Crippen LogP contribution in [0.5, 0.6) is 0 Å². The predicted octanol–water partition coefficient (Wildman–Crippen LogP) is 5.76. The van der Waals surface area contributed by atoms with E-state index >= 15 is 0 Å². The number of hydrogen-bond acceptors (Lipinski definition) is 15. The molecule has 0 saturated carbocycles. The van der Waals surface area contributed by atoms with Crippen LogP contribution in [0.4, 0.5) is 0 Å². The molecule has 2 fully saturated rings. The van der Waals surface area contributed by atoms with E-state index in [-0.39, 0.29) is 19.4 Å². The van der Waals surface area contributed by atoms with Gasteiger partial charge in [-0.1, -0.05) is 156 Å². The number of carbonyl (C=O) groups excluding carboxylic acids is 2. The van der Waals surface area contributed by atoms with Crippen molar-refractivity contribution >= 4 is 11.9 Å². The maximum Gasteiger partial charge on any atom is 0.305 e. The summed E-state index contributed by atoms with van der Waals surface area (Å²) in [6.45, 7) is 7.09. The van der Waals surface area contributed by atoms with Gasteiger partial charge in [-0.3, -0.25) is 9.59 Å². The lowest BCUT2D eigenvalue weighted by atomic mass is 9.97. The Kier molecular flexibility index (Phi) is 31.0. The molecule has 2 aliphatic rings. The zero-order chi connectivity index (χ0) is 45.7. The lowest BCUT2D eigenvalue weighted by Crippen LogP contribution is -2.65. The van der Waals surface area contributed by atoms with Gasteiger partial charge in [0.15, 0.2) is 12.6 Å². The molecule has 0 aromatic heterocycles. The minimum atomic E-state index is -1.83. The number of aliphatic hydroxyl groups excluding tert-OH is 7. The summed E-state index contributed by atoms with van der Waals surface area (Å²) in [4.78, 5) is 25.0. The fraction of sp³-hybridized carbons (Fsp3) is 0.957. The first-order valence-electron chi connectivity index (χ1n) is 24.4. The van der Waals surface area contributed by atoms with Gasteiger partial charge in [0.05, 0.1) is 13.2 Å². The van der Waals surface area contributed by atoms with E-state index in [1.54, 1.807) is 0 Å². The lowest BCUT2D eigenvalue weighted by molar-refractivity contribution is -0.361. The second-order valence-electron chi connectivity index (χ2n) is 18.1. The summed E-state index contributed by atoms with van der Waals surface area (Å²) in [6, 6.07) is 0. The molecule has 0 radical (unpaired) electrons. The first kappa shape index (κ1) is 56.6. The smallest absolute Gasteiger partial charge is 0.305 e. The van der Waals surface area contributed by atoms with Crippen molar-refractivity contribution in [2.75, 3.05) is 26.4 Å². The van der Waals surface area contributed by atoms with Crippen molar-refractivity contribution in [3.8, 4) is 0 Å². The minimum absolute atomic E-state index is 0.162. The Morgan fingerprint density at radius 2 is 0.984 bits per heavy atom. The third kappa shape index (κ3) is 23.1. The van der Waals surface area contributed by atoms with Crippen molar-refractivity contribution in [3.63, 3.8) is 0 Å². The van der Waals surface area contributed by atoms with Crippen LogP contribution >= 0.6 is 0 Å². The van der Waals surface area contributed by atoms with Crippen molar-refractivity contribution in [3.05, 3.63) is 0 Å². The monoisotopic (exact) mass is 893 g/mol. The Morgan fingerprint density at radius 3 is 1.47 bits per heavy atom. The van der Waals surface area contributed by atoms with Crippen LogP contribution in [0, 0.1) is 11.8 Å². The highest BCUT2D eigenvalue weighted by atomic mass is 16.7. The number of carbonyl (C=O) groups is 2. The summed E-state index contributed by atoms with van der Waals surface area (Å²) in [6.07, 6.45) is 7.93. The second kappa shape index (κ2) is 33.9. The Labute approximate surface area is 372 Å². The molecule has 2 rings (SSSR count). The average Bonchev–Trinajstić information content (AvgIpc) is 3.26. The Bertz CT molecular complexity index is 1130. The number of rotatable bonds is 36. The topological polar surface area (TPSA) is 231 Å². The maximum atomic E-state index is 12.7. The number of hydrogen-bond donors (Lipinski definition) is 7. The van der Waals surface area contributed by atoms with Gasteiger partial charge in [-0.25, -0.2) is 0 Å². The van der Waals surface area contributed by atoms with E-state index in [9.17, 15) is 45.3 Å². The van der Waals surface area contributed by atoms with Gasteiger partial charge in [-0.05, 0) is 24.7 Å². The van der Waals surface area contributed by atoms with Crippen LogP contribution in [0.3, 0.4) is 0 Å². The van der Waals surface area contributed by atoms with E-state index < -0.39 is 99.3 Å². The van der Waals surface area contributed by atoms with E-state index in [1.807, 2.05) is 0 Å². The number of ether oxygens (including phenoxy) is 6. The van der Waals surface area contributed by atoms with Gasteiger partial charge in [-0.15, -0.1) is 0 Å². The third-order valence-electron chi connectivity index (χ3n) is 12.6. The number of unbranched alkanes of at least 4 members (excludes halogenated alkanes) is 16. The fourth-order valence-electron chi connectivity index (χ4n) is 7.84. The molecule has 62 heavy (non-hydrogen) atoms. The molecule has 13 unspecified atom stereocenters. The molecule has 2 saturated heterocycles. The van der Waals surface area contributed by atoms with Gasteiger partial charge in [0, 0.05) is 12.8 Å². The highest BCUT2D eigenvalue weighted by Crippen LogP contribution is 2.30. The Hall–Kier alpha value is -1.50. The summed E-state index contributed by atoms with van der Waals surface area (Å²) in [5, 5.41) is 73.7. The molecule has 0 aromatic carbocycles. The van der Waals surface area contributed by atoms with E-state index in [1.165, 1.54) is 89.9 Å². The minimum Gasteiger partial charge on any atom is -0.463 e. The Morgan fingerprint density at radius 1 is 0.532 bits per heavy atom. The molecule has 0 aliphatic carbocycles. The van der Waals surface area contributed by atoms with Crippen molar-refractivity contribution in [2.24, 2.45) is 11.8 Å². The molecule has 0 amide bonds. The van der Waals surface area contributed by atoms with Crippen LogP contribution in [0.1, 0.15) is 182 Å². The molecule has 2 heterocycles. The predicted molar refractivity (Wildman–Crippen MR) is 234 cm³/mol. The van der Waals surface area contributed by atoms with E-state index in [0.29, 0.717) is 12.8 Å². The number of esters is 2. The third-order valence-corrected chi connectivity index (χ3v) is 12.6. The summed E-state index contributed by atoms with van der Waals surface area (Å²) < 4.78 is 33.3. The largest absolute Gasteiger partial charge is 0.463 e.